The van der Waals surface area contributed by atoms with Crippen LogP contribution >= 0.6 is 22.9 Å². The molecule has 0 fully saturated rings. The van der Waals surface area contributed by atoms with Crippen molar-refractivity contribution in [3.63, 3.8) is 0 Å². The Hall–Kier alpha value is -2.81. The number of hydrogen-bond donors (Lipinski definition) is 1. The highest BCUT2D eigenvalue weighted by Crippen LogP contribution is 2.35. The molecule has 32 heavy (non-hydrogen) atoms. The summed E-state index contributed by atoms with van der Waals surface area (Å²) in [4.78, 5) is 11.9. The minimum absolute atomic E-state index is 0.0995. The van der Waals surface area contributed by atoms with Gasteiger partial charge in [0.15, 0.2) is 0 Å². The summed E-state index contributed by atoms with van der Waals surface area (Å²) in [5, 5.41) is 10.4. The molecule has 0 spiro atoms. The third-order valence-electron chi connectivity index (χ3n) is 4.97. The van der Waals surface area contributed by atoms with E-state index < -0.39 is 16.0 Å². The van der Waals surface area contributed by atoms with Gasteiger partial charge in [0.25, 0.3) is 10.0 Å². The summed E-state index contributed by atoms with van der Waals surface area (Å²) in [6.45, 7) is 2.33. The maximum Gasteiger partial charge on any atom is 0.303 e. The molecule has 0 amide bonds. The highest BCUT2D eigenvalue weighted by molar-refractivity contribution is 7.92. The molecule has 0 bridgehead atoms. The normalized spacial score (nSPS) is 11.7. The van der Waals surface area contributed by atoms with Gasteiger partial charge in [-0.3, -0.25) is 4.79 Å². The Bertz CT molecular complexity index is 1390. The number of aryl methyl sites for hydroxylation is 1. The molecule has 0 atom stereocenters. The van der Waals surface area contributed by atoms with Crippen LogP contribution in [0.15, 0.2) is 65.0 Å². The van der Waals surface area contributed by atoms with Crippen molar-refractivity contribution in [1.82, 2.24) is 3.97 Å². The molecule has 9 heteroatoms. The third kappa shape index (κ3) is 4.39. The lowest BCUT2D eigenvalue weighted by molar-refractivity contribution is -0.136. The van der Waals surface area contributed by atoms with E-state index in [0.29, 0.717) is 33.8 Å². The molecule has 0 saturated carbocycles. The molecule has 4 rings (SSSR count). The number of carboxylic acids is 1. The van der Waals surface area contributed by atoms with E-state index in [9.17, 15) is 13.2 Å². The van der Waals surface area contributed by atoms with E-state index in [2.05, 4.69) is 0 Å². The second kappa shape index (κ2) is 8.97. The van der Waals surface area contributed by atoms with Gasteiger partial charge in [0, 0.05) is 27.9 Å². The first-order valence-corrected chi connectivity index (χ1v) is 12.5. The lowest BCUT2D eigenvalue weighted by Crippen LogP contribution is -2.10. The van der Waals surface area contributed by atoms with Crippen LogP contribution in [0.1, 0.15) is 18.9 Å². The highest BCUT2D eigenvalue weighted by Gasteiger charge is 2.24. The third-order valence-corrected chi connectivity index (χ3v) is 8.49. The number of nitrogens with zero attached hydrogens (tertiary/aromatic N) is 1. The number of carbonyl (C=O) groups is 1. The molecule has 0 radical (unpaired) electrons. The van der Waals surface area contributed by atoms with Gasteiger partial charge < -0.3 is 9.84 Å². The first-order chi connectivity index (χ1) is 15.3. The number of hydrogen-bond acceptors (Lipinski definition) is 5. The fourth-order valence-corrected chi connectivity index (χ4v) is 6.38. The number of halogens is 1. The summed E-state index contributed by atoms with van der Waals surface area (Å²) in [6, 6.07) is 15.7. The van der Waals surface area contributed by atoms with Crippen LogP contribution < -0.4 is 4.74 Å². The minimum atomic E-state index is -3.88. The minimum Gasteiger partial charge on any atom is -0.494 e. The Kier molecular flexibility index (Phi) is 6.28. The van der Waals surface area contributed by atoms with Crippen molar-refractivity contribution < 1.29 is 23.1 Å². The van der Waals surface area contributed by atoms with Crippen molar-refractivity contribution in [3.05, 3.63) is 71.4 Å². The average Bonchev–Trinajstić information content (AvgIpc) is 3.39. The van der Waals surface area contributed by atoms with Gasteiger partial charge in [-0.25, -0.2) is 3.97 Å². The van der Waals surface area contributed by atoms with Gasteiger partial charge in [-0.15, -0.1) is 11.3 Å². The standard InChI is InChI=1S/C23H20ClNO5S2/c1-2-30-18-8-9-20-19(13-18)16(5-11-22(26)27)14-25(20)32(28,29)23-12-10-21(31-23)15-3-6-17(24)7-4-15/h3-4,6-10,12-14H,2,5,11H2,1H3,(H,26,27). The van der Waals surface area contributed by atoms with Gasteiger partial charge in [0.2, 0.25) is 0 Å². The van der Waals surface area contributed by atoms with Crippen molar-refractivity contribution in [1.29, 1.82) is 0 Å². The van der Waals surface area contributed by atoms with Crippen LogP contribution in [0.2, 0.25) is 5.02 Å². The molecule has 0 aliphatic carbocycles. The van der Waals surface area contributed by atoms with Crippen LogP contribution in [0.5, 0.6) is 5.75 Å². The predicted molar refractivity (Wildman–Crippen MR) is 126 cm³/mol. The zero-order valence-corrected chi connectivity index (χ0v) is 19.5. The van der Waals surface area contributed by atoms with Crippen LogP contribution in [0.3, 0.4) is 0 Å². The Morgan fingerprint density at radius 3 is 2.56 bits per heavy atom. The molecule has 2 aromatic carbocycles. The number of carboxylic acid groups (broad SMARTS) is 1. The number of aromatic nitrogens is 1. The maximum absolute atomic E-state index is 13.5. The number of aliphatic carboxylic acids is 1. The molecule has 2 aromatic heterocycles. The van der Waals surface area contributed by atoms with Gasteiger partial charge in [-0.2, -0.15) is 8.42 Å². The fourth-order valence-electron chi connectivity index (χ4n) is 3.47. The summed E-state index contributed by atoms with van der Waals surface area (Å²) < 4.78 is 34.0. The predicted octanol–water partition coefficient (Wildman–Crippen LogP) is 5.68. The Morgan fingerprint density at radius 1 is 1.12 bits per heavy atom. The van der Waals surface area contributed by atoms with Crippen LogP contribution in [0.4, 0.5) is 0 Å². The molecule has 2 heterocycles. The van der Waals surface area contributed by atoms with Gasteiger partial charge in [0.1, 0.15) is 9.96 Å². The summed E-state index contributed by atoms with van der Waals surface area (Å²) >= 11 is 7.12. The lowest BCUT2D eigenvalue weighted by Gasteiger charge is -2.07. The first kappa shape index (κ1) is 22.4. The molecule has 166 valence electrons. The quantitative estimate of drug-likeness (QED) is 0.344. The van der Waals surface area contributed by atoms with Crippen molar-refractivity contribution in [3.8, 4) is 16.2 Å². The van der Waals surface area contributed by atoms with Crippen molar-refractivity contribution in [2.45, 2.75) is 24.0 Å². The second-order valence-corrected chi connectivity index (χ2v) is 10.6. The molecule has 6 nitrogen and oxygen atoms in total. The zero-order valence-electron chi connectivity index (χ0n) is 17.1. The van der Waals surface area contributed by atoms with E-state index in [1.807, 2.05) is 19.1 Å². The van der Waals surface area contributed by atoms with Crippen molar-refractivity contribution in [2.24, 2.45) is 0 Å². The number of ether oxygens (including phenoxy) is 1. The second-order valence-electron chi connectivity index (χ2n) is 7.09. The first-order valence-electron chi connectivity index (χ1n) is 9.89. The smallest absolute Gasteiger partial charge is 0.303 e. The highest BCUT2D eigenvalue weighted by atomic mass is 35.5. The summed E-state index contributed by atoms with van der Waals surface area (Å²) in [5.41, 5.74) is 2.00. The largest absolute Gasteiger partial charge is 0.494 e. The van der Waals surface area contributed by atoms with Crippen LogP contribution in [-0.2, 0) is 21.2 Å². The van der Waals surface area contributed by atoms with Crippen LogP contribution in [0.25, 0.3) is 21.3 Å². The summed E-state index contributed by atoms with van der Waals surface area (Å²) in [6.07, 6.45) is 1.63. The Labute approximate surface area is 194 Å². The maximum atomic E-state index is 13.5. The fraction of sp³-hybridized carbons (Fsp3) is 0.174. The van der Waals surface area contributed by atoms with E-state index in [1.165, 1.54) is 21.5 Å². The van der Waals surface area contributed by atoms with Crippen LogP contribution in [-0.4, -0.2) is 30.1 Å². The van der Waals surface area contributed by atoms with Crippen molar-refractivity contribution in [2.75, 3.05) is 6.61 Å². The SMILES string of the molecule is CCOc1ccc2c(c1)c(CCC(=O)O)cn2S(=O)(=O)c1ccc(-c2ccc(Cl)cc2)s1. The number of rotatable bonds is 8. The Balaban J connectivity index is 1.79. The van der Waals surface area contributed by atoms with E-state index in [-0.39, 0.29) is 17.1 Å². The van der Waals surface area contributed by atoms with E-state index in [1.54, 1.807) is 42.5 Å². The summed E-state index contributed by atoms with van der Waals surface area (Å²) in [5.74, 6) is -0.339. The van der Waals surface area contributed by atoms with Gasteiger partial charge >= 0.3 is 5.97 Å². The van der Waals surface area contributed by atoms with Crippen LogP contribution in [0, 0.1) is 0 Å². The molecule has 1 N–H and O–H groups in total. The van der Waals surface area contributed by atoms with Gasteiger partial charge in [-0.1, -0.05) is 23.7 Å². The lowest BCUT2D eigenvalue weighted by atomic mass is 10.1. The average molecular weight is 490 g/mol. The Morgan fingerprint density at radius 2 is 1.88 bits per heavy atom. The number of fused-ring (bicyclic) bond motifs is 1. The number of benzene rings is 2. The number of thiophene rings is 1. The van der Waals surface area contributed by atoms with Gasteiger partial charge in [-0.05, 0) is 66.9 Å². The zero-order chi connectivity index (χ0) is 22.9. The molecule has 0 aliphatic rings. The molecule has 0 unspecified atom stereocenters. The monoisotopic (exact) mass is 489 g/mol. The molecule has 0 saturated heterocycles. The van der Waals surface area contributed by atoms with E-state index in [4.69, 9.17) is 21.4 Å². The summed E-state index contributed by atoms with van der Waals surface area (Å²) in [7, 11) is -3.88. The molecular weight excluding hydrogens is 470 g/mol. The molecule has 4 aromatic rings. The van der Waals surface area contributed by atoms with E-state index in [0.717, 1.165) is 10.4 Å². The van der Waals surface area contributed by atoms with Crippen molar-refractivity contribution >= 4 is 49.8 Å². The van der Waals surface area contributed by atoms with E-state index >= 15 is 0 Å². The topological polar surface area (TPSA) is 85.6 Å². The molecule has 0 aliphatic heterocycles. The van der Waals surface area contributed by atoms with Gasteiger partial charge in [0.05, 0.1) is 12.1 Å². The molecular formula is C23H20ClNO5S2.